The van der Waals surface area contributed by atoms with E-state index >= 15 is 0 Å². The highest BCUT2D eigenvalue weighted by atomic mass is 15.3. The summed E-state index contributed by atoms with van der Waals surface area (Å²) in [6.45, 7) is 9.94. The molecule has 0 N–H and O–H groups in total. The van der Waals surface area contributed by atoms with Crippen LogP contribution in [0.2, 0.25) is 0 Å². The lowest BCUT2D eigenvalue weighted by atomic mass is 9.79. The summed E-state index contributed by atoms with van der Waals surface area (Å²) in [5, 5.41) is 0. The van der Waals surface area contributed by atoms with Gasteiger partial charge in [-0.05, 0) is 33.9 Å². The summed E-state index contributed by atoms with van der Waals surface area (Å²) >= 11 is 0. The van der Waals surface area contributed by atoms with E-state index in [-0.39, 0.29) is 0 Å². The minimum atomic E-state index is 0.693. The Kier molecular flexibility index (Phi) is 1.92. The predicted octanol–water partition coefficient (Wildman–Crippen LogP) is 1.03. The molecule has 2 heterocycles. The van der Waals surface area contributed by atoms with Gasteiger partial charge < -0.3 is 9.80 Å². The van der Waals surface area contributed by atoms with Gasteiger partial charge in [0.2, 0.25) is 0 Å². The smallest absolute Gasteiger partial charge is 0.00968 e. The second-order valence-electron chi connectivity index (χ2n) is 4.99. The van der Waals surface area contributed by atoms with Crippen LogP contribution in [-0.2, 0) is 0 Å². The molecule has 0 atom stereocenters. The highest BCUT2D eigenvalue weighted by Gasteiger charge is 2.46. The van der Waals surface area contributed by atoms with E-state index in [4.69, 9.17) is 0 Å². The summed E-state index contributed by atoms with van der Waals surface area (Å²) < 4.78 is 0. The van der Waals surface area contributed by atoms with Crippen molar-refractivity contribution in [1.82, 2.24) is 9.80 Å². The summed E-state index contributed by atoms with van der Waals surface area (Å²) in [6.07, 6.45) is 1.43. The van der Waals surface area contributed by atoms with Crippen LogP contribution in [0.15, 0.2) is 0 Å². The van der Waals surface area contributed by atoms with Gasteiger partial charge in [0.05, 0.1) is 0 Å². The van der Waals surface area contributed by atoms with E-state index in [0.29, 0.717) is 5.41 Å². The van der Waals surface area contributed by atoms with Crippen molar-refractivity contribution in [1.29, 1.82) is 0 Å². The van der Waals surface area contributed by atoms with Gasteiger partial charge in [0.25, 0.3) is 0 Å². The maximum Gasteiger partial charge on any atom is 0.00968 e. The molecule has 12 heavy (non-hydrogen) atoms. The van der Waals surface area contributed by atoms with Crippen molar-refractivity contribution in [3.63, 3.8) is 0 Å². The summed E-state index contributed by atoms with van der Waals surface area (Å²) in [6, 6.07) is 0.746. The van der Waals surface area contributed by atoms with Gasteiger partial charge in [0.15, 0.2) is 0 Å². The highest BCUT2D eigenvalue weighted by Crippen LogP contribution is 2.38. The molecule has 0 aliphatic carbocycles. The number of rotatable bonds is 1. The van der Waals surface area contributed by atoms with Crippen LogP contribution in [0.1, 0.15) is 20.3 Å². The molecule has 2 fully saturated rings. The Morgan fingerprint density at radius 3 is 2.25 bits per heavy atom. The zero-order valence-corrected chi connectivity index (χ0v) is 8.51. The molecule has 2 saturated heterocycles. The van der Waals surface area contributed by atoms with Crippen molar-refractivity contribution in [3.8, 4) is 0 Å². The van der Waals surface area contributed by atoms with E-state index in [9.17, 15) is 0 Å². The van der Waals surface area contributed by atoms with Crippen molar-refractivity contribution in [3.05, 3.63) is 0 Å². The van der Waals surface area contributed by atoms with Gasteiger partial charge in [-0.25, -0.2) is 0 Å². The second kappa shape index (κ2) is 2.71. The molecule has 2 aliphatic heterocycles. The first kappa shape index (κ1) is 8.52. The van der Waals surface area contributed by atoms with Crippen molar-refractivity contribution in [2.24, 2.45) is 5.41 Å². The monoisotopic (exact) mass is 168 g/mol. The van der Waals surface area contributed by atoms with Crippen molar-refractivity contribution >= 4 is 0 Å². The summed E-state index contributed by atoms with van der Waals surface area (Å²) in [5.74, 6) is 0. The number of likely N-dealkylation sites (tertiary alicyclic amines) is 2. The number of hydrogen-bond donors (Lipinski definition) is 0. The average molecular weight is 168 g/mol. The molecule has 2 rings (SSSR count). The van der Waals surface area contributed by atoms with Gasteiger partial charge >= 0.3 is 0 Å². The van der Waals surface area contributed by atoms with Crippen molar-refractivity contribution in [2.75, 3.05) is 33.2 Å². The van der Waals surface area contributed by atoms with Gasteiger partial charge in [-0.1, -0.05) is 0 Å². The van der Waals surface area contributed by atoms with E-state index in [2.05, 4.69) is 30.7 Å². The minimum Gasteiger partial charge on any atom is -0.305 e. The van der Waals surface area contributed by atoms with Crippen LogP contribution in [-0.4, -0.2) is 49.1 Å². The summed E-state index contributed by atoms with van der Waals surface area (Å²) in [7, 11) is 2.23. The Morgan fingerprint density at radius 1 is 1.17 bits per heavy atom. The molecule has 2 nitrogen and oxygen atoms in total. The molecule has 2 heteroatoms. The molecule has 2 aliphatic rings. The fourth-order valence-corrected chi connectivity index (χ4v) is 2.77. The highest BCUT2D eigenvalue weighted by molar-refractivity contribution is 5.00. The molecule has 0 bridgehead atoms. The standard InChI is InChI=1S/C10H20N2/c1-9(2)12-5-4-10(8-12)6-11(3)7-10/h9H,4-8H2,1-3H3. The van der Waals surface area contributed by atoms with E-state index < -0.39 is 0 Å². The topological polar surface area (TPSA) is 6.48 Å². The molecular weight excluding hydrogens is 148 g/mol. The second-order valence-corrected chi connectivity index (χ2v) is 4.99. The maximum absolute atomic E-state index is 2.62. The third-order valence-corrected chi connectivity index (χ3v) is 3.41. The Labute approximate surface area is 75.5 Å². The van der Waals surface area contributed by atoms with E-state index in [1.807, 2.05) is 0 Å². The van der Waals surface area contributed by atoms with Crippen LogP contribution in [0.4, 0.5) is 0 Å². The Morgan fingerprint density at radius 2 is 1.83 bits per heavy atom. The molecule has 0 radical (unpaired) electrons. The minimum absolute atomic E-state index is 0.693. The lowest BCUT2D eigenvalue weighted by molar-refractivity contribution is 0.0280. The van der Waals surface area contributed by atoms with Crippen LogP contribution >= 0.6 is 0 Å². The lowest BCUT2D eigenvalue weighted by Gasteiger charge is -2.46. The molecular formula is C10H20N2. The maximum atomic E-state index is 2.62. The van der Waals surface area contributed by atoms with Gasteiger partial charge in [-0.15, -0.1) is 0 Å². The Bertz CT molecular complexity index is 171. The van der Waals surface area contributed by atoms with E-state index in [1.54, 1.807) is 0 Å². The van der Waals surface area contributed by atoms with Crippen LogP contribution < -0.4 is 0 Å². The van der Waals surface area contributed by atoms with Gasteiger partial charge in [0, 0.05) is 31.1 Å². The molecule has 0 aromatic rings. The van der Waals surface area contributed by atoms with Gasteiger partial charge in [-0.2, -0.15) is 0 Å². The normalized spacial score (nSPS) is 30.0. The fourth-order valence-electron chi connectivity index (χ4n) is 2.77. The van der Waals surface area contributed by atoms with Crippen LogP contribution in [0.3, 0.4) is 0 Å². The zero-order valence-electron chi connectivity index (χ0n) is 8.51. The predicted molar refractivity (Wildman–Crippen MR) is 51.3 cm³/mol. The molecule has 70 valence electrons. The first-order valence-electron chi connectivity index (χ1n) is 5.04. The van der Waals surface area contributed by atoms with Crippen molar-refractivity contribution < 1.29 is 0 Å². The molecule has 0 aromatic heterocycles. The molecule has 0 amide bonds. The summed E-state index contributed by atoms with van der Waals surface area (Å²) in [4.78, 5) is 5.05. The van der Waals surface area contributed by atoms with Crippen molar-refractivity contribution in [2.45, 2.75) is 26.3 Å². The Hall–Kier alpha value is -0.0800. The number of hydrogen-bond acceptors (Lipinski definition) is 2. The summed E-state index contributed by atoms with van der Waals surface area (Å²) in [5.41, 5.74) is 0.693. The third kappa shape index (κ3) is 1.27. The molecule has 0 aromatic carbocycles. The largest absolute Gasteiger partial charge is 0.305 e. The number of nitrogens with zero attached hydrogens (tertiary/aromatic N) is 2. The van der Waals surface area contributed by atoms with E-state index in [0.717, 1.165) is 6.04 Å². The first-order chi connectivity index (χ1) is 5.61. The molecule has 0 unspecified atom stereocenters. The quantitative estimate of drug-likeness (QED) is 0.577. The fraction of sp³-hybridized carbons (Fsp3) is 1.00. The average Bonchev–Trinajstić information content (AvgIpc) is 2.31. The SMILES string of the molecule is CC(C)N1CCC2(CN(C)C2)C1. The molecule has 1 spiro atoms. The van der Waals surface area contributed by atoms with Gasteiger partial charge in [0.1, 0.15) is 0 Å². The van der Waals surface area contributed by atoms with Gasteiger partial charge in [-0.3, -0.25) is 0 Å². The van der Waals surface area contributed by atoms with Crippen LogP contribution in [0, 0.1) is 5.41 Å². The Balaban J connectivity index is 1.90. The molecule has 0 saturated carbocycles. The first-order valence-corrected chi connectivity index (χ1v) is 5.04. The van der Waals surface area contributed by atoms with E-state index in [1.165, 1.54) is 32.6 Å². The third-order valence-electron chi connectivity index (χ3n) is 3.41. The zero-order chi connectivity index (χ0) is 8.77. The lowest BCUT2D eigenvalue weighted by Crippen LogP contribution is -2.55. The van der Waals surface area contributed by atoms with Crippen LogP contribution in [0.25, 0.3) is 0 Å². The van der Waals surface area contributed by atoms with Crippen LogP contribution in [0.5, 0.6) is 0 Å².